The number of rotatable bonds is 1. The zero-order chi connectivity index (χ0) is 6.91. The van der Waals surface area contributed by atoms with Crippen molar-refractivity contribution in [2.75, 3.05) is 0 Å². The lowest BCUT2D eigenvalue weighted by Crippen LogP contribution is -2.05. The van der Waals surface area contributed by atoms with Crippen molar-refractivity contribution in [1.29, 1.82) is 0 Å². The molecular weight excluding hydrogens is 114 g/mol. The molecule has 1 fully saturated rings. The van der Waals surface area contributed by atoms with E-state index in [0.29, 0.717) is 5.41 Å². The molecule has 52 valence electrons. The predicted molar refractivity (Wildman–Crippen MR) is 37.2 cm³/mol. The van der Waals surface area contributed by atoms with Crippen LogP contribution in [0.15, 0.2) is 5.18 Å². The molecule has 0 bridgehead atoms. The zero-order valence-corrected chi connectivity index (χ0v) is 6.05. The third-order valence-corrected chi connectivity index (χ3v) is 2.09. The van der Waals surface area contributed by atoms with E-state index in [1.807, 2.05) is 0 Å². The van der Waals surface area contributed by atoms with E-state index in [1.165, 1.54) is 0 Å². The Morgan fingerprint density at radius 1 is 1.56 bits per heavy atom. The molecule has 0 aliphatic heterocycles. The van der Waals surface area contributed by atoms with Crippen molar-refractivity contribution >= 4 is 0 Å². The summed E-state index contributed by atoms with van der Waals surface area (Å²) >= 11 is 0. The third-order valence-electron chi connectivity index (χ3n) is 2.09. The third kappa shape index (κ3) is 1.50. The van der Waals surface area contributed by atoms with Crippen molar-refractivity contribution in [2.24, 2.45) is 10.6 Å². The fourth-order valence-electron chi connectivity index (χ4n) is 1.49. The summed E-state index contributed by atoms with van der Waals surface area (Å²) < 4.78 is 0. The number of hydrogen-bond acceptors (Lipinski definition) is 2. The van der Waals surface area contributed by atoms with Gasteiger partial charge in [0.1, 0.15) is 0 Å². The molecule has 0 aromatic carbocycles. The van der Waals surface area contributed by atoms with E-state index in [-0.39, 0.29) is 6.04 Å². The first kappa shape index (κ1) is 6.72. The molecule has 0 spiro atoms. The SMILES string of the molecule is CC1(C)CCC(N=O)C1. The predicted octanol–water partition coefficient (Wildman–Crippen LogP) is 2.33. The minimum Gasteiger partial charge on any atom is -0.151 e. The van der Waals surface area contributed by atoms with Crippen LogP contribution in [-0.2, 0) is 0 Å². The lowest BCUT2D eigenvalue weighted by atomic mass is 9.92. The summed E-state index contributed by atoms with van der Waals surface area (Å²) in [5.74, 6) is 0. The van der Waals surface area contributed by atoms with E-state index in [2.05, 4.69) is 19.0 Å². The molecule has 0 aromatic heterocycles. The maximum atomic E-state index is 10.0. The molecule has 0 N–H and O–H groups in total. The standard InChI is InChI=1S/C7H13NO/c1-7(2)4-3-6(5-7)8-9/h6H,3-5H2,1-2H3. The first-order valence-corrected chi connectivity index (χ1v) is 3.46. The number of nitroso groups, excluding NO2 is 1. The smallest absolute Gasteiger partial charge is 0.0925 e. The zero-order valence-electron chi connectivity index (χ0n) is 6.05. The first-order valence-electron chi connectivity index (χ1n) is 3.46. The maximum Gasteiger partial charge on any atom is 0.0925 e. The molecule has 0 aromatic rings. The molecule has 1 saturated carbocycles. The van der Waals surface area contributed by atoms with Gasteiger partial charge >= 0.3 is 0 Å². The summed E-state index contributed by atoms with van der Waals surface area (Å²) in [7, 11) is 0. The second-order valence-electron chi connectivity index (χ2n) is 3.67. The van der Waals surface area contributed by atoms with Gasteiger partial charge in [-0.25, -0.2) is 0 Å². The highest BCUT2D eigenvalue weighted by Crippen LogP contribution is 2.38. The minimum atomic E-state index is 0.111. The van der Waals surface area contributed by atoms with E-state index in [0.717, 1.165) is 19.3 Å². The van der Waals surface area contributed by atoms with E-state index in [9.17, 15) is 4.91 Å². The Morgan fingerprint density at radius 2 is 2.22 bits per heavy atom. The summed E-state index contributed by atoms with van der Waals surface area (Å²) in [6, 6.07) is 0.111. The molecule has 1 atom stereocenters. The summed E-state index contributed by atoms with van der Waals surface area (Å²) in [6.07, 6.45) is 3.14. The Bertz CT molecular complexity index is 120. The molecule has 1 rings (SSSR count). The summed E-state index contributed by atoms with van der Waals surface area (Å²) in [4.78, 5) is 10.0. The van der Waals surface area contributed by atoms with Gasteiger partial charge in [0.25, 0.3) is 0 Å². The van der Waals surface area contributed by atoms with Crippen LogP contribution in [0.5, 0.6) is 0 Å². The average molecular weight is 127 g/mol. The van der Waals surface area contributed by atoms with Gasteiger partial charge in [0.2, 0.25) is 0 Å². The Morgan fingerprint density at radius 3 is 2.44 bits per heavy atom. The Labute approximate surface area is 55.6 Å². The second kappa shape index (κ2) is 2.09. The van der Waals surface area contributed by atoms with Crippen LogP contribution >= 0.6 is 0 Å². The molecule has 2 nitrogen and oxygen atoms in total. The van der Waals surface area contributed by atoms with Crippen LogP contribution in [0.25, 0.3) is 0 Å². The normalized spacial score (nSPS) is 32.4. The van der Waals surface area contributed by atoms with E-state index >= 15 is 0 Å². The van der Waals surface area contributed by atoms with Crippen molar-refractivity contribution in [3.63, 3.8) is 0 Å². The largest absolute Gasteiger partial charge is 0.151 e. The molecule has 0 saturated heterocycles. The monoisotopic (exact) mass is 127 g/mol. The van der Waals surface area contributed by atoms with Gasteiger partial charge in [0.15, 0.2) is 0 Å². The first-order chi connectivity index (χ1) is 4.14. The molecule has 1 aliphatic rings. The second-order valence-corrected chi connectivity index (χ2v) is 3.67. The van der Waals surface area contributed by atoms with E-state index in [4.69, 9.17) is 0 Å². The highest BCUT2D eigenvalue weighted by atomic mass is 16.3. The van der Waals surface area contributed by atoms with Crippen molar-refractivity contribution in [2.45, 2.75) is 39.2 Å². The Kier molecular flexibility index (Phi) is 1.56. The van der Waals surface area contributed by atoms with Crippen molar-refractivity contribution < 1.29 is 0 Å². The van der Waals surface area contributed by atoms with Gasteiger partial charge in [-0.2, -0.15) is 4.91 Å². The lowest BCUT2D eigenvalue weighted by Gasteiger charge is -2.14. The van der Waals surface area contributed by atoms with Crippen LogP contribution in [0, 0.1) is 10.3 Å². The Balaban J connectivity index is 2.47. The highest BCUT2D eigenvalue weighted by molar-refractivity contribution is 4.85. The molecule has 2 heteroatoms. The molecule has 1 unspecified atom stereocenters. The van der Waals surface area contributed by atoms with Gasteiger partial charge in [0, 0.05) is 0 Å². The fourth-order valence-corrected chi connectivity index (χ4v) is 1.49. The summed E-state index contributed by atoms with van der Waals surface area (Å²) in [5.41, 5.74) is 0.374. The quantitative estimate of drug-likeness (QED) is 0.497. The molecule has 0 heterocycles. The van der Waals surface area contributed by atoms with Gasteiger partial charge in [-0.05, 0) is 24.7 Å². The fraction of sp³-hybridized carbons (Fsp3) is 1.00. The molecule has 0 radical (unpaired) electrons. The lowest BCUT2D eigenvalue weighted by molar-refractivity contribution is 0.376. The van der Waals surface area contributed by atoms with Crippen LogP contribution in [-0.4, -0.2) is 6.04 Å². The van der Waals surface area contributed by atoms with Crippen LogP contribution in [0.3, 0.4) is 0 Å². The number of hydrogen-bond donors (Lipinski definition) is 0. The van der Waals surface area contributed by atoms with Crippen LogP contribution in [0.4, 0.5) is 0 Å². The molecule has 0 amide bonds. The highest BCUT2D eigenvalue weighted by Gasteiger charge is 2.31. The van der Waals surface area contributed by atoms with Crippen LogP contribution < -0.4 is 0 Å². The molecule has 1 aliphatic carbocycles. The molecular formula is C7H13NO. The summed E-state index contributed by atoms with van der Waals surface area (Å²) in [6.45, 7) is 4.39. The van der Waals surface area contributed by atoms with Gasteiger partial charge < -0.3 is 0 Å². The van der Waals surface area contributed by atoms with Gasteiger partial charge in [-0.3, -0.25) is 0 Å². The molecule has 9 heavy (non-hydrogen) atoms. The van der Waals surface area contributed by atoms with Crippen molar-refractivity contribution in [3.8, 4) is 0 Å². The summed E-state index contributed by atoms with van der Waals surface area (Å²) in [5, 5.41) is 3.03. The topological polar surface area (TPSA) is 29.4 Å². The minimum absolute atomic E-state index is 0.111. The van der Waals surface area contributed by atoms with Gasteiger partial charge in [-0.1, -0.05) is 19.0 Å². The average Bonchev–Trinajstić information content (AvgIpc) is 2.10. The van der Waals surface area contributed by atoms with Gasteiger partial charge in [-0.15, -0.1) is 0 Å². The van der Waals surface area contributed by atoms with Gasteiger partial charge in [0.05, 0.1) is 6.04 Å². The van der Waals surface area contributed by atoms with E-state index < -0.39 is 0 Å². The van der Waals surface area contributed by atoms with Crippen LogP contribution in [0.1, 0.15) is 33.1 Å². The maximum absolute atomic E-state index is 10.0. The van der Waals surface area contributed by atoms with Crippen LogP contribution in [0.2, 0.25) is 0 Å². The number of nitrogens with zero attached hydrogens (tertiary/aromatic N) is 1. The Hall–Kier alpha value is -0.400. The van der Waals surface area contributed by atoms with Crippen molar-refractivity contribution in [3.05, 3.63) is 4.91 Å². The van der Waals surface area contributed by atoms with Crippen molar-refractivity contribution in [1.82, 2.24) is 0 Å². The van der Waals surface area contributed by atoms with E-state index in [1.54, 1.807) is 0 Å².